The summed E-state index contributed by atoms with van der Waals surface area (Å²) in [5, 5.41) is 7.81. The molecule has 1 aromatic heterocycles. The first-order valence-electron chi connectivity index (χ1n) is 6.56. The van der Waals surface area contributed by atoms with Crippen LogP contribution in [0.5, 0.6) is 0 Å². The van der Waals surface area contributed by atoms with Gasteiger partial charge in [0.2, 0.25) is 5.91 Å². The van der Waals surface area contributed by atoms with Crippen LogP contribution in [0.1, 0.15) is 38.3 Å². The van der Waals surface area contributed by atoms with Crippen molar-refractivity contribution in [3.63, 3.8) is 0 Å². The van der Waals surface area contributed by atoms with Crippen LogP contribution in [-0.2, 0) is 11.8 Å². The summed E-state index contributed by atoms with van der Waals surface area (Å²) in [5.41, 5.74) is 1.21. The smallest absolute Gasteiger partial charge is 0.219 e. The van der Waals surface area contributed by atoms with Crippen molar-refractivity contribution in [2.45, 2.75) is 38.8 Å². The number of amides is 1. The molecule has 0 aromatic carbocycles. The number of rotatable bonds is 3. The second-order valence-corrected chi connectivity index (χ2v) is 5.12. The van der Waals surface area contributed by atoms with E-state index in [4.69, 9.17) is 0 Å². The number of hydrogen-bond donors (Lipinski definition) is 1. The van der Waals surface area contributed by atoms with Gasteiger partial charge < -0.3 is 10.2 Å². The van der Waals surface area contributed by atoms with Crippen LogP contribution < -0.4 is 5.32 Å². The maximum atomic E-state index is 11.2. The molecule has 1 saturated heterocycles. The average molecular weight is 250 g/mol. The molecule has 0 bridgehead atoms. The second-order valence-electron chi connectivity index (χ2n) is 5.12. The number of likely N-dealkylation sites (tertiary alicyclic amines) is 1. The van der Waals surface area contributed by atoms with E-state index < -0.39 is 0 Å². The van der Waals surface area contributed by atoms with E-state index in [2.05, 4.69) is 17.3 Å². The lowest BCUT2D eigenvalue weighted by Crippen LogP contribution is -2.44. The molecule has 0 spiro atoms. The van der Waals surface area contributed by atoms with Crippen LogP contribution in [0.15, 0.2) is 12.4 Å². The van der Waals surface area contributed by atoms with E-state index in [-0.39, 0.29) is 5.91 Å². The number of carbonyl (C=O) groups is 1. The number of carbonyl (C=O) groups excluding carboxylic acids is 1. The largest absolute Gasteiger partial charge is 0.343 e. The van der Waals surface area contributed by atoms with Gasteiger partial charge in [0, 0.05) is 50.9 Å². The number of aryl methyl sites for hydroxylation is 1. The monoisotopic (exact) mass is 250 g/mol. The van der Waals surface area contributed by atoms with Gasteiger partial charge in [0.15, 0.2) is 0 Å². The fourth-order valence-electron chi connectivity index (χ4n) is 2.47. The van der Waals surface area contributed by atoms with E-state index in [1.54, 1.807) is 6.92 Å². The summed E-state index contributed by atoms with van der Waals surface area (Å²) < 4.78 is 1.83. The lowest BCUT2D eigenvalue weighted by molar-refractivity contribution is -0.129. The Morgan fingerprint density at radius 2 is 2.17 bits per heavy atom. The standard InChI is InChI=1S/C13H22N4O/c1-10(12-8-14-16(3)9-12)15-13-4-6-17(7-5-13)11(2)18/h8-10,13,15H,4-7H2,1-3H3. The zero-order valence-corrected chi connectivity index (χ0v) is 11.4. The number of nitrogens with zero attached hydrogens (tertiary/aromatic N) is 3. The Hall–Kier alpha value is -1.36. The molecule has 1 fully saturated rings. The topological polar surface area (TPSA) is 50.2 Å². The van der Waals surface area contributed by atoms with E-state index in [0.29, 0.717) is 12.1 Å². The molecule has 18 heavy (non-hydrogen) atoms. The Labute approximate surface area is 108 Å². The Morgan fingerprint density at radius 3 is 2.67 bits per heavy atom. The predicted octanol–water partition coefficient (Wildman–Crippen LogP) is 1.08. The van der Waals surface area contributed by atoms with E-state index in [0.717, 1.165) is 25.9 Å². The molecule has 1 N–H and O–H groups in total. The van der Waals surface area contributed by atoms with E-state index in [1.807, 2.05) is 29.0 Å². The zero-order valence-electron chi connectivity index (χ0n) is 11.4. The van der Waals surface area contributed by atoms with Gasteiger partial charge in [-0.25, -0.2) is 0 Å². The van der Waals surface area contributed by atoms with Crippen molar-refractivity contribution in [1.82, 2.24) is 20.0 Å². The van der Waals surface area contributed by atoms with E-state index in [1.165, 1.54) is 5.56 Å². The molecular formula is C13H22N4O. The molecule has 0 radical (unpaired) electrons. The van der Waals surface area contributed by atoms with Crippen molar-refractivity contribution < 1.29 is 4.79 Å². The molecule has 1 aliphatic rings. The normalized spacial score (nSPS) is 18.9. The van der Waals surface area contributed by atoms with Crippen molar-refractivity contribution >= 4 is 5.91 Å². The third-order valence-corrected chi connectivity index (χ3v) is 3.65. The van der Waals surface area contributed by atoms with Gasteiger partial charge >= 0.3 is 0 Å². The summed E-state index contributed by atoms with van der Waals surface area (Å²) in [7, 11) is 1.93. The molecule has 0 saturated carbocycles. The van der Waals surface area contributed by atoms with Crippen molar-refractivity contribution in [3.8, 4) is 0 Å². The molecule has 1 unspecified atom stereocenters. The van der Waals surface area contributed by atoms with Gasteiger partial charge in [0.1, 0.15) is 0 Å². The molecule has 100 valence electrons. The molecule has 1 amide bonds. The van der Waals surface area contributed by atoms with Crippen LogP contribution in [-0.4, -0.2) is 39.7 Å². The highest BCUT2D eigenvalue weighted by molar-refractivity contribution is 5.73. The van der Waals surface area contributed by atoms with Gasteiger partial charge in [0.05, 0.1) is 6.20 Å². The van der Waals surface area contributed by atoms with E-state index in [9.17, 15) is 4.79 Å². The third-order valence-electron chi connectivity index (χ3n) is 3.65. The first-order chi connectivity index (χ1) is 8.56. The Bertz CT molecular complexity index is 407. The van der Waals surface area contributed by atoms with Crippen LogP contribution in [0.25, 0.3) is 0 Å². The Kier molecular flexibility index (Phi) is 4.01. The molecular weight excluding hydrogens is 228 g/mol. The highest BCUT2D eigenvalue weighted by Gasteiger charge is 2.22. The molecule has 2 rings (SSSR count). The Balaban J connectivity index is 1.83. The fraction of sp³-hybridized carbons (Fsp3) is 0.692. The van der Waals surface area contributed by atoms with Crippen LogP contribution in [0.3, 0.4) is 0 Å². The fourth-order valence-corrected chi connectivity index (χ4v) is 2.47. The minimum atomic E-state index is 0.189. The van der Waals surface area contributed by atoms with Gasteiger partial charge in [-0.1, -0.05) is 0 Å². The van der Waals surface area contributed by atoms with E-state index >= 15 is 0 Å². The first-order valence-corrected chi connectivity index (χ1v) is 6.56. The van der Waals surface area contributed by atoms with Gasteiger partial charge in [-0.05, 0) is 19.8 Å². The molecule has 5 nitrogen and oxygen atoms in total. The second kappa shape index (κ2) is 5.52. The van der Waals surface area contributed by atoms with Gasteiger partial charge in [-0.2, -0.15) is 5.10 Å². The summed E-state index contributed by atoms with van der Waals surface area (Å²) in [6.45, 7) is 5.54. The zero-order chi connectivity index (χ0) is 13.1. The van der Waals surface area contributed by atoms with Crippen LogP contribution >= 0.6 is 0 Å². The van der Waals surface area contributed by atoms with Crippen LogP contribution in [0.2, 0.25) is 0 Å². The lowest BCUT2D eigenvalue weighted by atomic mass is 10.0. The highest BCUT2D eigenvalue weighted by Crippen LogP contribution is 2.16. The number of aromatic nitrogens is 2. The van der Waals surface area contributed by atoms with Crippen LogP contribution in [0.4, 0.5) is 0 Å². The number of hydrogen-bond acceptors (Lipinski definition) is 3. The van der Waals surface area contributed by atoms with Gasteiger partial charge in [0.25, 0.3) is 0 Å². The number of nitrogens with one attached hydrogen (secondary N) is 1. The maximum Gasteiger partial charge on any atom is 0.219 e. The average Bonchev–Trinajstić information content (AvgIpc) is 2.76. The SMILES string of the molecule is CC(=O)N1CCC(NC(C)c2cnn(C)c2)CC1. The summed E-state index contributed by atoms with van der Waals surface area (Å²) in [6.07, 6.45) is 6.01. The maximum absolute atomic E-state index is 11.2. The number of piperidine rings is 1. The first kappa shape index (κ1) is 13.1. The molecule has 2 heterocycles. The summed E-state index contributed by atoms with van der Waals surface area (Å²) >= 11 is 0. The van der Waals surface area contributed by atoms with Crippen molar-refractivity contribution in [1.29, 1.82) is 0 Å². The quantitative estimate of drug-likeness (QED) is 0.873. The molecule has 0 aliphatic carbocycles. The Morgan fingerprint density at radius 1 is 1.50 bits per heavy atom. The van der Waals surface area contributed by atoms with Gasteiger partial charge in [-0.15, -0.1) is 0 Å². The molecule has 1 aromatic rings. The third kappa shape index (κ3) is 3.10. The molecule has 1 atom stereocenters. The van der Waals surface area contributed by atoms with Gasteiger partial charge in [-0.3, -0.25) is 9.48 Å². The predicted molar refractivity (Wildman–Crippen MR) is 70.0 cm³/mol. The van der Waals surface area contributed by atoms with Crippen molar-refractivity contribution in [2.75, 3.05) is 13.1 Å². The molecule has 1 aliphatic heterocycles. The lowest BCUT2D eigenvalue weighted by Gasteiger charge is -2.33. The summed E-state index contributed by atoms with van der Waals surface area (Å²) in [4.78, 5) is 13.2. The highest BCUT2D eigenvalue weighted by atomic mass is 16.2. The minimum Gasteiger partial charge on any atom is -0.343 e. The van der Waals surface area contributed by atoms with Crippen LogP contribution in [0, 0.1) is 0 Å². The summed E-state index contributed by atoms with van der Waals surface area (Å²) in [5.74, 6) is 0.189. The minimum absolute atomic E-state index is 0.189. The summed E-state index contributed by atoms with van der Waals surface area (Å²) in [6, 6.07) is 0.809. The molecule has 5 heteroatoms. The van der Waals surface area contributed by atoms with Crippen molar-refractivity contribution in [3.05, 3.63) is 18.0 Å². The van der Waals surface area contributed by atoms with Crippen molar-refractivity contribution in [2.24, 2.45) is 7.05 Å².